The maximum absolute atomic E-state index is 14.9. The van der Waals surface area contributed by atoms with Crippen LogP contribution in [0.3, 0.4) is 0 Å². The third-order valence-electron chi connectivity index (χ3n) is 9.85. The summed E-state index contributed by atoms with van der Waals surface area (Å²) in [6.07, 6.45) is 21.1. The van der Waals surface area contributed by atoms with Crippen molar-refractivity contribution < 1.29 is 17.6 Å². The number of aryl methyl sites for hydroxylation is 1. The van der Waals surface area contributed by atoms with E-state index in [0.717, 1.165) is 61.1 Å². The molecule has 0 nitrogen and oxygen atoms in total. The van der Waals surface area contributed by atoms with Crippen LogP contribution in [-0.2, 0) is 12.8 Å². The van der Waals surface area contributed by atoms with Crippen LogP contribution in [0.5, 0.6) is 0 Å². The first kappa shape index (κ1) is 31.4. The van der Waals surface area contributed by atoms with Crippen molar-refractivity contribution in [3.8, 4) is 0 Å². The Morgan fingerprint density at radius 3 is 1.65 bits per heavy atom. The van der Waals surface area contributed by atoms with Crippen LogP contribution in [0.25, 0.3) is 0 Å². The predicted molar refractivity (Wildman–Crippen MR) is 158 cm³/mol. The molecule has 0 bridgehead atoms. The Hall–Kier alpha value is -1.55. The van der Waals surface area contributed by atoms with Crippen LogP contribution in [0, 0.1) is 41.0 Å². The van der Waals surface area contributed by atoms with Crippen LogP contribution in [0.2, 0.25) is 5.02 Å². The van der Waals surface area contributed by atoms with Gasteiger partial charge in [0.2, 0.25) is 0 Å². The first-order valence-electron chi connectivity index (χ1n) is 15.9. The zero-order chi connectivity index (χ0) is 28.5. The second-order valence-corrected chi connectivity index (χ2v) is 13.1. The minimum atomic E-state index is -0.862. The second kappa shape index (κ2) is 15.6. The molecule has 0 N–H and O–H groups in total. The minimum Gasteiger partial charge on any atom is -0.207 e. The van der Waals surface area contributed by atoms with Crippen molar-refractivity contribution in [2.45, 2.75) is 128 Å². The van der Waals surface area contributed by atoms with E-state index < -0.39 is 28.3 Å². The van der Waals surface area contributed by atoms with E-state index in [9.17, 15) is 17.6 Å². The number of rotatable bonds is 13. The lowest BCUT2D eigenvalue weighted by molar-refractivity contribution is 0.222. The molecular formula is C35H47ClF4. The van der Waals surface area contributed by atoms with Crippen molar-refractivity contribution in [2.24, 2.45) is 17.8 Å². The monoisotopic (exact) mass is 578 g/mol. The standard InChI is InChI=1S/C35H47ClF4/c1-2-3-4-5-6-7-24-8-10-25(11-9-24)12-13-26-14-17-28(18-15-26)29-22-31(37)30(32(38)23-29)19-16-27-20-33(39)35(36)34(40)21-27/h20-26,28H,2-19H2,1H3/t24-,25-,26-,28-. The lowest BCUT2D eigenvalue weighted by atomic mass is 9.74. The maximum atomic E-state index is 14.9. The van der Waals surface area contributed by atoms with Gasteiger partial charge < -0.3 is 0 Å². The Morgan fingerprint density at radius 1 is 0.600 bits per heavy atom. The molecule has 2 saturated carbocycles. The van der Waals surface area contributed by atoms with E-state index in [1.54, 1.807) is 0 Å². The first-order valence-corrected chi connectivity index (χ1v) is 16.3. The summed E-state index contributed by atoms with van der Waals surface area (Å²) in [6, 6.07) is 5.20. The second-order valence-electron chi connectivity index (χ2n) is 12.7. The number of benzene rings is 2. The fraction of sp³-hybridized carbons (Fsp3) is 0.657. The zero-order valence-electron chi connectivity index (χ0n) is 24.2. The van der Waals surface area contributed by atoms with Gasteiger partial charge in [0.05, 0.1) is 0 Å². The molecule has 222 valence electrons. The molecular weight excluding hydrogens is 532 g/mol. The lowest BCUT2D eigenvalue weighted by Crippen LogP contribution is -2.18. The predicted octanol–water partition coefficient (Wildman–Crippen LogP) is 11.9. The quantitative estimate of drug-likeness (QED) is 0.126. The number of halogens is 5. The number of hydrogen-bond acceptors (Lipinski definition) is 0. The van der Waals surface area contributed by atoms with Crippen LogP contribution in [0.1, 0.15) is 132 Å². The molecule has 2 aliphatic rings. The fourth-order valence-electron chi connectivity index (χ4n) is 7.22. The molecule has 0 atom stereocenters. The average Bonchev–Trinajstić information content (AvgIpc) is 2.95. The van der Waals surface area contributed by atoms with E-state index >= 15 is 0 Å². The molecule has 0 heterocycles. The largest absolute Gasteiger partial charge is 0.207 e. The molecule has 2 fully saturated rings. The molecule has 2 aromatic carbocycles. The van der Waals surface area contributed by atoms with Gasteiger partial charge in [-0.3, -0.25) is 0 Å². The van der Waals surface area contributed by atoms with Crippen molar-refractivity contribution in [3.63, 3.8) is 0 Å². The summed E-state index contributed by atoms with van der Waals surface area (Å²) in [5.74, 6) is -0.0659. The molecule has 0 aliphatic heterocycles. The zero-order valence-corrected chi connectivity index (χ0v) is 25.0. The molecule has 5 heteroatoms. The Balaban J connectivity index is 1.18. The van der Waals surface area contributed by atoms with Crippen molar-refractivity contribution in [3.05, 3.63) is 69.2 Å². The van der Waals surface area contributed by atoms with Gasteiger partial charge in [-0.25, -0.2) is 17.6 Å². The number of unbranched alkanes of at least 4 members (excludes halogenated alkanes) is 4. The van der Waals surface area contributed by atoms with Crippen molar-refractivity contribution in [1.82, 2.24) is 0 Å². The average molecular weight is 579 g/mol. The summed E-state index contributed by atoms with van der Waals surface area (Å²) < 4.78 is 57.3. The Bertz CT molecular complexity index is 1020. The van der Waals surface area contributed by atoms with Crippen LogP contribution in [-0.4, -0.2) is 0 Å². The van der Waals surface area contributed by atoms with Crippen molar-refractivity contribution >= 4 is 11.6 Å². The summed E-state index contributed by atoms with van der Waals surface area (Å²) in [4.78, 5) is 0. The minimum absolute atomic E-state index is 0.0283. The Morgan fingerprint density at radius 2 is 1.10 bits per heavy atom. The van der Waals surface area contributed by atoms with Gasteiger partial charge in [-0.05, 0) is 97.6 Å². The van der Waals surface area contributed by atoms with Crippen LogP contribution in [0.15, 0.2) is 24.3 Å². The van der Waals surface area contributed by atoms with Gasteiger partial charge >= 0.3 is 0 Å². The van der Waals surface area contributed by atoms with Crippen LogP contribution >= 0.6 is 11.6 Å². The summed E-state index contributed by atoms with van der Waals surface area (Å²) in [5, 5.41) is -0.564. The van der Waals surface area contributed by atoms with Gasteiger partial charge in [-0.2, -0.15) is 0 Å². The van der Waals surface area contributed by atoms with Crippen LogP contribution in [0.4, 0.5) is 17.6 Å². The van der Waals surface area contributed by atoms with E-state index in [1.807, 2.05) is 0 Å². The highest BCUT2D eigenvalue weighted by molar-refractivity contribution is 6.30. The molecule has 0 aromatic heterocycles. The molecule has 0 radical (unpaired) electrons. The molecule has 40 heavy (non-hydrogen) atoms. The molecule has 4 rings (SSSR count). The van der Waals surface area contributed by atoms with Gasteiger partial charge in [-0.1, -0.05) is 95.6 Å². The van der Waals surface area contributed by atoms with E-state index in [1.165, 1.54) is 89.2 Å². The molecule has 0 spiro atoms. The SMILES string of the molecule is CCCCCCC[C@H]1CC[C@H](CC[C@H]2CC[C@H](c3cc(F)c(CCc4cc(F)c(Cl)c(F)c4)c(F)c3)CC2)CC1. The van der Waals surface area contributed by atoms with E-state index in [2.05, 4.69) is 6.92 Å². The van der Waals surface area contributed by atoms with Gasteiger partial charge in [0.25, 0.3) is 0 Å². The third-order valence-corrected chi connectivity index (χ3v) is 10.2. The molecule has 2 aromatic rings. The Kier molecular flexibility index (Phi) is 12.3. The molecule has 0 saturated heterocycles. The summed E-state index contributed by atoms with van der Waals surface area (Å²) in [5.41, 5.74) is 1.04. The van der Waals surface area contributed by atoms with Crippen molar-refractivity contribution in [1.29, 1.82) is 0 Å². The van der Waals surface area contributed by atoms with Gasteiger partial charge in [-0.15, -0.1) is 0 Å². The summed E-state index contributed by atoms with van der Waals surface area (Å²) in [7, 11) is 0. The Labute approximate surface area is 244 Å². The smallest absolute Gasteiger partial charge is 0.145 e. The maximum Gasteiger partial charge on any atom is 0.145 e. The third kappa shape index (κ3) is 8.97. The first-order chi connectivity index (χ1) is 19.3. The fourth-order valence-corrected chi connectivity index (χ4v) is 7.33. The highest BCUT2D eigenvalue weighted by Gasteiger charge is 2.26. The molecule has 0 unspecified atom stereocenters. The van der Waals surface area contributed by atoms with E-state index in [-0.39, 0.29) is 24.3 Å². The van der Waals surface area contributed by atoms with Crippen molar-refractivity contribution in [2.75, 3.05) is 0 Å². The summed E-state index contributed by atoms with van der Waals surface area (Å²) >= 11 is 5.53. The summed E-state index contributed by atoms with van der Waals surface area (Å²) in [6.45, 7) is 2.28. The van der Waals surface area contributed by atoms with Gasteiger partial charge in [0, 0.05) is 5.56 Å². The molecule has 2 aliphatic carbocycles. The number of hydrogen-bond donors (Lipinski definition) is 0. The van der Waals surface area contributed by atoms with Gasteiger partial charge in [0.15, 0.2) is 0 Å². The highest BCUT2D eigenvalue weighted by Crippen LogP contribution is 2.41. The van der Waals surface area contributed by atoms with E-state index in [4.69, 9.17) is 11.6 Å². The lowest BCUT2D eigenvalue weighted by Gasteiger charge is -2.32. The van der Waals surface area contributed by atoms with Gasteiger partial charge in [0.1, 0.15) is 28.3 Å². The normalized spacial score (nSPS) is 23.4. The molecule has 0 amide bonds. The topological polar surface area (TPSA) is 0 Å². The van der Waals surface area contributed by atoms with Crippen LogP contribution < -0.4 is 0 Å². The highest BCUT2D eigenvalue weighted by atomic mass is 35.5. The van der Waals surface area contributed by atoms with E-state index in [0.29, 0.717) is 5.56 Å².